The molecular weight excluding hydrogens is 1710 g/mol. The van der Waals surface area contributed by atoms with Crippen LogP contribution >= 0.6 is 0 Å². The van der Waals surface area contributed by atoms with Crippen LogP contribution in [0.4, 0.5) is 32.9 Å². The summed E-state index contributed by atoms with van der Waals surface area (Å²) in [4.78, 5) is 75.6. The van der Waals surface area contributed by atoms with Gasteiger partial charge in [0.15, 0.2) is 45.9 Å². The number of rotatable bonds is 38. The molecule has 12 heterocycles. The number of carbonyl (C=O) groups is 3. The van der Waals surface area contributed by atoms with Crippen LogP contribution < -0.4 is 61.2 Å². The van der Waals surface area contributed by atoms with Gasteiger partial charge in [0.05, 0.1) is 49.9 Å². The van der Waals surface area contributed by atoms with Gasteiger partial charge in [0.2, 0.25) is 0 Å². The van der Waals surface area contributed by atoms with Crippen molar-refractivity contribution < 1.29 is 57.4 Å². The summed E-state index contributed by atoms with van der Waals surface area (Å²) < 4.78 is 52.7. The molecule has 134 heavy (non-hydrogen) atoms. The molecule has 14 rings (SSSR count). The molecule has 0 radical (unpaired) electrons. The number of imidazole rings is 4. The molecule has 736 valence electrons. The van der Waals surface area contributed by atoms with Gasteiger partial charge in [-0.1, -0.05) is 131 Å². The number of nitrogens with two attached hydrogens (primary N) is 3. The Labute approximate surface area is 790 Å². The lowest BCUT2D eigenvalue weighted by Gasteiger charge is -2.35. The number of methoxy groups -OCH3 is 2. The minimum Gasteiger partial charge on any atom is -0.497 e. The number of aromatic nitrogens is 16. The second-order valence-electron chi connectivity index (χ2n) is 37.4. The van der Waals surface area contributed by atoms with Crippen molar-refractivity contribution in [3.8, 4) is 35.5 Å². The molecule has 10 aromatic rings. The number of aliphatic hydroxyl groups excluding tert-OH is 1. The van der Waals surface area contributed by atoms with Crippen LogP contribution in [-0.2, 0) is 40.2 Å². The van der Waals surface area contributed by atoms with E-state index in [4.69, 9.17) is 60.1 Å². The molecular formula is C98H152N24O12. The van der Waals surface area contributed by atoms with Crippen molar-refractivity contribution in [1.29, 1.82) is 0 Å². The summed E-state index contributed by atoms with van der Waals surface area (Å²) in [5.74, 6) is 4.75. The number of amides is 2. The molecule has 9 N–H and O–H groups in total. The van der Waals surface area contributed by atoms with Crippen molar-refractivity contribution in [2.45, 2.75) is 319 Å². The van der Waals surface area contributed by atoms with Crippen LogP contribution in [0.3, 0.4) is 0 Å². The summed E-state index contributed by atoms with van der Waals surface area (Å²) in [5, 5.41) is 36.2. The highest BCUT2D eigenvalue weighted by atomic mass is 16.6. The number of nitrogen functional groups attached to an aromatic ring is 3. The van der Waals surface area contributed by atoms with E-state index in [-0.39, 0.29) is 60.3 Å². The number of nitrogens with one attached hydrogen (secondary N) is 2. The number of ether oxygens (including phenoxy) is 8. The Morgan fingerprint density at radius 2 is 0.821 bits per heavy atom. The van der Waals surface area contributed by atoms with E-state index in [9.17, 15) is 19.5 Å². The van der Waals surface area contributed by atoms with Gasteiger partial charge in [0.25, 0.3) is 0 Å². The molecule has 2 aromatic carbocycles. The monoisotopic (exact) mass is 1860 g/mol. The summed E-state index contributed by atoms with van der Waals surface area (Å²) in [6, 6.07) is 17.5. The van der Waals surface area contributed by atoms with Crippen molar-refractivity contribution in [3.63, 3.8) is 0 Å². The number of aldehydes is 1. The molecule has 4 saturated heterocycles. The van der Waals surface area contributed by atoms with Crippen LogP contribution in [0.15, 0.2) is 79.5 Å². The second-order valence-corrected chi connectivity index (χ2v) is 37.4. The fraction of sp³-hybridized carbons (Fsp3) is 0.643. The molecule has 0 bridgehead atoms. The normalized spacial score (nSPS) is 15.1. The maximum absolute atomic E-state index is 12.3. The van der Waals surface area contributed by atoms with Gasteiger partial charge < -0.3 is 90.3 Å². The van der Waals surface area contributed by atoms with E-state index in [0.29, 0.717) is 122 Å². The van der Waals surface area contributed by atoms with Crippen molar-refractivity contribution in [2.75, 3.05) is 88.7 Å². The van der Waals surface area contributed by atoms with E-state index in [1.807, 2.05) is 93.4 Å². The number of nitrogens with zero attached hydrogens (tertiary/aromatic N) is 19. The lowest BCUT2D eigenvalue weighted by atomic mass is 9.90. The lowest BCUT2D eigenvalue weighted by Crippen LogP contribution is -2.42. The zero-order chi connectivity index (χ0) is 96.3. The minimum atomic E-state index is -0.801. The Hall–Kier alpha value is -11.3. The first-order valence-electron chi connectivity index (χ1n) is 49.0. The maximum atomic E-state index is 12.3. The molecule has 4 fully saturated rings. The number of aliphatic hydroxyl groups is 1. The van der Waals surface area contributed by atoms with Crippen LogP contribution in [0, 0.1) is 23.7 Å². The van der Waals surface area contributed by atoms with Gasteiger partial charge in [0, 0.05) is 57.6 Å². The highest BCUT2D eigenvalue weighted by Gasteiger charge is 2.35. The molecule has 0 spiro atoms. The molecule has 1 atom stereocenters. The molecule has 0 saturated carbocycles. The van der Waals surface area contributed by atoms with Gasteiger partial charge in [0.1, 0.15) is 59.5 Å². The molecule has 4 aliphatic rings. The summed E-state index contributed by atoms with van der Waals surface area (Å²) in [6.07, 6.45) is 34.5. The van der Waals surface area contributed by atoms with Gasteiger partial charge in [-0.3, -0.25) is 0 Å². The molecule has 0 aliphatic carbocycles. The van der Waals surface area contributed by atoms with E-state index in [1.54, 1.807) is 40.9 Å². The van der Waals surface area contributed by atoms with Crippen molar-refractivity contribution >= 4 is 64.3 Å². The number of anilines is 4. The van der Waals surface area contributed by atoms with E-state index in [1.165, 1.54) is 30.2 Å². The fourth-order valence-electron chi connectivity index (χ4n) is 17.0. The minimum absolute atomic E-state index is 0.0194. The number of carbonyl (C=O) groups excluding carboxylic acids is 3. The van der Waals surface area contributed by atoms with E-state index < -0.39 is 17.3 Å². The molecule has 8 aromatic heterocycles. The predicted molar refractivity (Wildman–Crippen MR) is 520 cm³/mol. The van der Waals surface area contributed by atoms with Gasteiger partial charge in [-0.15, -0.1) is 20.4 Å². The maximum Gasteiger partial charge on any atom is 0.410 e. The second kappa shape index (κ2) is 52.6. The summed E-state index contributed by atoms with van der Waals surface area (Å²) in [5.41, 5.74) is 24.7. The fourth-order valence-corrected chi connectivity index (χ4v) is 17.0. The first-order valence-corrected chi connectivity index (χ1v) is 49.0. The molecule has 2 amide bonds. The first-order chi connectivity index (χ1) is 64.6. The average molecular weight is 1860 g/mol. The van der Waals surface area contributed by atoms with E-state index in [0.717, 1.165) is 201 Å². The smallest absolute Gasteiger partial charge is 0.410 e. The van der Waals surface area contributed by atoms with Crippen LogP contribution in [-0.4, -0.2) is 214 Å². The zero-order valence-electron chi connectivity index (χ0n) is 82.4. The van der Waals surface area contributed by atoms with Crippen LogP contribution in [0.1, 0.15) is 285 Å². The average Bonchev–Trinajstić information content (AvgIpc) is 1.58. The summed E-state index contributed by atoms with van der Waals surface area (Å²) in [6.45, 7) is 36.2. The number of likely N-dealkylation sites (tertiary alicyclic amines) is 2. The number of piperidine rings is 4. The third-order valence-electron chi connectivity index (χ3n) is 24.1. The topological polar surface area (TPSA) is 429 Å². The standard InChI is InChI=1S/C28H35N5O3.C23H38N6O4.2C18H30N6O.C11H19NO3/c1-5-7-25(8-6-2)36-28-30-27(26-29-17-18-33(26)31-28)32(19-21-9-13-23(34-3)14-10-21)20-22-11-15-24(35-4)16-12-22;1-6-8-16(9-7-2)32-21-26-19(24)20-25-14-17(29(20)27-21)18(30)15-10-12-28(13-11-15)22(31)33-23(3,4)5;2*1-3-5-15(6-4-2)25-18-22-16(19)17-21-12-14(24(17)23-18)11-13-7-9-20-10-8-13;1-11(2,3)15-10(14)12-6-4-9(8-13)5-7-12/h9-18,25H,5-8,19-20H2,1-4H3;14-16,18,30H,6-13H2,1-5H3,(H2,24,26,27);2*12-13,15,20H,3-11H2,1-2H3,(H2,19,22,23);8-9H,4-7H2,1-3H3. The zero-order valence-corrected chi connectivity index (χ0v) is 82.4. The van der Waals surface area contributed by atoms with E-state index >= 15 is 0 Å². The highest BCUT2D eigenvalue weighted by molar-refractivity contribution is 5.69. The lowest BCUT2D eigenvalue weighted by molar-refractivity contribution is -0.112. The number of hydrogen-bond donors (Lipinski definition) is 6. The largest absolute Gasteiger partial charge is 0.497 e. The first kappa shape index (κ1) is 105. The molecule has 1 unspecified atom stereocenters. The molecule has 36 heteroatoms. The Bertz CT molecular complexity index is 4970. The van der Waals surface area contributed by atoms with Crippen LogP contribution in [0.25, 0.3) is 22.6 Å². The number of fused-ring (bicyclic) bond motifs is 4. The Morgan fingerprint density at radius 1 is 0.470 bits per heavy atom. The quantitative estimate of drug-likeness (QED) is 0.0196. The van der Waals surface area contributed by atoms with Crippen LogP contribution in [0.2, 0.25) is 0 Å². The number of hydrogen-bond acceptors (Lipinski definition) is 30. The Morgan fingerprint density at radius 3 is 1.18 bits per heavy atom. The van der Waals surface area contributed by atoms with Gasteiger partial charge in [-0.25, -0.2) is 47.6 Å². The van der Waals surface area contributed by atoms with Gasteiger partial charge >= 0.3 is 36.2 Å². The summed E-state index contributed by atoms with van der Waals surface area (Å²) in [7, 11) is 3.35. The van der Waals surface area contributed by atoms with Gasteiger partial charge in [-0.05, 0) is 236 Å². The predicted octanol–water partition coefficient (Wildman–Crippen LogP) is 16.5. The number of benzene rings is 2. The molecule has 36 nitrogen and oxygen atoms in total. The highest BCUT2D eigenvalue weighted by Crippen LogP contribution is 2.35. The van der Waals surface area contributed by atoms with Crippen molar-refractivity contribution in [3.05, 3.63) is 108 Å². The van der Waals surface area contributed by atoms with Crippen molar-refractivity contribution in [2.24, 2.45) is 23.7 Å². The third-order valence-corrected chi connectivity index (χ3v) is 24.1. The Kier molecular flexibility index (Phi) is 41.1. The third kappa shape index (κ3) is 31.7. The van der Waals surface area contributed by atoms with Crippen molar-refractivity contribution in [1.82, 2.24) is 98.8 Å². The van der Waals surface area contributed by atoms with E-state index in [2.05, 4.69) is 150 Å². The van der Waals surface area contributed by atoms with Crippen LogP contribution in [0.5, 0.6) is 35.5 Å². The Balaban J connectivity index is 0.000000178. The SMILES string of the molecule is CC(C)(C)OC(=O)N1CCC(C=O)CC1.CCCC(CCC)Oc1nc(N(Cc2ccc(OC)cc2)Cc2ccc(OC)cc2)c2nccn2n1.CCCC(CCC)Oc1nc(N)c2ncc(C(O)C3CCN(C(=O)OC(C)(C)C)CC3)n2n1.CCCC(CCC)Oc1nc(N)c2ncc(CC3CCNCC3)n2n1.CCCC(CCC)Oc1nc(N)c2ncc(CC3CCNCC3)n2n1. The summed E-state index contributed by atoms with van der Waals surface area (Å²) >= 11 is 0. The molecule has 4 aliphatic heterocycles. The van der Waals surface area contributed by atoms with Gasteiger partial charge in [-0.2, -0.15) is 19.9 Å².